The van der Waals surface area contributed by atoms with E-state index in [0.29, 0.717) is 56.6 Å². The molecule has 4 rings (SSSR count). The first kappa shape index (κ1) is 27.7. The number of nitrogens with one attached hydrogen (secondary N) is 2. The van der Waals surface area contributed by atoms with Gasteiger partial charge in [0.2, 0.25) is 11.8 Å². The number of nitrogens with zero attached hydrogens (tertiary/aromatic N) is 2. The number of ether oxygens (including phenoxy) is 1. The first-order chi connectivity index (χ1) is 17.9. The van der Waals surface area contributed by atoms with Crippen molar-refractivity contribution in [2.45, 2.75) is 70.8 Å². The number of fused-ring (bicyclic) bond motifs is 1. The second-order valence-electron chi connectivity index (χ2n) is 10.8. The number of rotatable bonds is 11. The molecule has 1 aromatic carbocycles. The summed E-state index contributed by atoms with van der Waals surface area (Å²) in [5, 5.41) is 7.31. The fourth-order valence-electron chi connectivity index (χ4n) is 5.26. The molecule has 8 heteroatoms. The molecule has 1 unspecified atom stereocenters. The molecule has 1 aromatic heterocycles. The maximum absolute atomic E-state index is 13.0. The average Bonchev–Trinajstić information content (AvgIpc) is 3.33. The van der Waals surface area contributed by atoms with Gasteiger partial charge in [0.25, 0.3) is 0 Å². The van der Waals surface area contributed by atoms with Crippen molar-refractivity contribution >= 4 is 33.4 Å². The van der Waals surface area contributed by atoms with E-state index in [1.807, 2.05) is 0 Å². The Morgan fingerprint density at radius 2 is 1.95 bits per heavy atom. The van der Waals surface area contributed by atoms with Gasteiger partial charge in [-0.15, -0.1) is 11.3 Å². The molecule has 0 bridgehead atoms. The largest absolute Gasteiger partial charge is 0.379 e. The van der Waals surface area contributed by atoms with Crippen LogP contribution in [0.15, 0.2) is 30.4 Å². The third-order valence-corrected chi connectivity index (χ3v) is 8.65. The average molecular weight is 527 g/mol. The summed E-state index contributed by atoms with van der Waals surface area (Å²) >= 11 is 1.68. The molecule has 37 heavy (non-hydrogen) atoms. The molecule has 2 heterocycles. The Balaban J connectivity index is 1.30. The van der Waals surface area contributed by atoms with Crippen LogP contribution < -0.4 is 10.6 Å². The Kier molecular flexibility index (Phi) is 10.1. The van der Waals surface area contributed by atoms with Gasteiger partial charge in [-0.3, -0.25) is 14.5 Å². The first-order valence-corrected chi connectivity index (χ1v) is 14.7. The van der Waals surface area contributed by atoms with Gasteiger partial charge in [-0.25, -0.2) is 4.98 Å². The van der Waals surface area contributed by atoms with Crippen LogP contribution in [-0.2, 0) is 20.7 Å². The van der Waals surface area contributed by atoms with E-state index in [-0.39, 0.29) is 17.9 Å². The van der Waals surface area contributed by atoms with Gasteiger partial charge in [-0.2, -0.15) is 0 Å². The number of aromatic nitrogens is 1. The van der Waals surface area contributed by atoms with E-state index >= 15 is 0 Å². The van der Waals surface area contributed by atoms with Crippen molar-refractivity contribution in [2.75, 3.05) is 39.4 Å². The third-order valence-electron chi connectivity index (χ3n) is 7.58. The fraction of sp³-hybridized carbons (Fsp3) is 0.621. The summed E-state index contributed by atoms with van der Waals surface area (Å²) in [5.74, 6) is 0.771. The van der Waals surface area contributed by atoms with E-state index in [9.17, 15) is 9.59 Å². The van der Waals surface area contributed by atoms with Crippen LogP contribution in [0.3, 0.4) is 0 Å². The first-order valence-electron chi connectivity index (χ1n) is 13.8. The lowest BCUT2D eigenvalue weighted by molar-refractivity contribution is -0.123. The van der Waals surface area contributed by atoms with E-state index in [1.165, 1.54) is 29.5 Å². The molecule has 2 N–H and O–H groups in total. The highest BCUT2D eigenvalue weighted by atomic mass is 32.1. The summed E-state index contributed by atoms with van der Waals surface area (Å²) in [6, 6.07) is 6.38. The van der Waals surface area contributed by atoms with Crippen LogP contribution in [0, 0.1) is 5.92 Å². The topological polar surface area (TPSA) is 83.6 Å². The fourth-order valence-corrected chi connectivity index (χ4v) is 6.27. The molecule has 1 saturated heterocycles. The lowest BCUT2D eigenvalue weighted by atomic mass is 9.83. The van der Waals surface area contributed by atoms with Gasteiger partial charge in [0.05, 0.1) is 28.4 Å². The standard InChI is InChI=1S/C29H42N4O3S/c1-20(2)23-9-10-24-26(17-23)37-28(32-24)12-11-27(34)31-25(22-7-5-4-6-8-22)18-30-29(35)21(3)19-33-13-15-36-16-14-33/h9-10,17,20,22,25H,3-8,11-16,18-19H2,1-2H3,(H,30,35)(H,31,34). The van der Waals surface area contributed by atoms with Gasteiger partial charge in [0.1, 0.15) is 0 Å². The summed E-state index contributed by atoms with van der Waals surface area (Å²) in [4.78, 5) is 32.7. The summed E-state index contributed by atoms with van der Waals surface area (Å²) in [6.07, 6.45) is 6.81. The van der Waals surface area contributed by atoms with E-state index < -0.39 is 0 Å². The molecular weight excluding hydrogens is 484 g/mol. The Hall–Kier alpha value is -2.29. The predicted molar refractivity (Wildman–Crippen MR) is 150 cm³/mol. The number of carbonyl (C=O) groups is 2. The molecule has 7 nitrogen and oxygen atoms in total. The second-order valence-corrected chi connectivity index (χ2v) is 11.9. The lowest BCUT2D eigenvalue weighted by Gasteiger charge is -2.31. The number of thiazole rings is 1. The number of hydrogen-bond donors (Lipinski definition) is 2. The van der Waals surface area contributed by atoms with Crippen LogP contribution >= 0.6 is 11.3 Å². The summed E-state index contributed by atoms with van der Waals surface area (Å²) < 4.78 is 6.57. The van der Waals surface area contributed by atoms with Gasteiger partial charge in [-0.1, -0.05) is 45.8 Å². The highest BCUT2D eigenvalue weighted by molar-refractivity contribution is 7.18. The van der Waals surface area contributed by atoms with Gasteiger partial charge in [0.15, 0.2) is 0 Å². The van der Waals surface area contributed by atoms with E-state index in [0.717, 1.165) is 36.5 Å². The van der Waals surface area contributed by atoms with Gasteiger partial charge >= 0.3 is 0 Å². The maximum atomic E-state index is 13.0. The van der Waals surface area contributed by atoms with E-state index in [4.69, 9.17) is 9.72 Å². The number of hydrogen-bond acceptors (Lipinski definition) is 6. The second kappa shape index (κ2) is 13.5. The predicted octanol–water partition coefficient (Wildman–Crippen LogP) is 4.42. The molecule has 1 atom stereocenters. The Morgan fingerprint density at radius 1 is 1.19 bits per heavy atom. The number of amides is 2. The molecular formula is C29H42N4O3S. The quantitative estimate of drug-likeness (QED) is 0.424. The van der Waals surface area contributed by atoms with Gasteiger partial charge < -0.3 is 15.4 Å². The molecule has 0 radical (unpaired) electrons. The number of aryl methyl sites for hydroxylation is 1. The third kappa shape index (κ3) is 8.09. The summed E-state index contributed by atoms with van der Waals surface area (Å²) in [6.45, 7) is 12.4. The highest BCUT2D eigenvalue weighted by Crippen LogP contribution is 2.28. The minimum atomic E-state index is -0.128. The molecule has 202 valence electrons. The molecule has 2 aromatic rings. The lowest BCUT2D eigenvalue weighted by Crippen LogP contribution is -2.49. The van der Waals surface area contributed by atoms with Crippen LogP contribution in [0.1, 0.15) is 68.9 Å². The van der Waals surface area contributed by atoms with Crippen molar-refractivity contribution < 1.29 is 14.3 Å². The zero-order valence-corrected chi connectivity index (χ0v) is 23.2. The van der Waals surface area contributed by atoms with Crippen molar-refractivity contribution in [3.8, 4) is 0 Å². The minimum absolute atomic E-state index is 0.0269. The van der Waals surface area contributed by atoms with Crippen LogP contribution in [0.4, 0.5) is 0 Å². The summed E-state index contributed by atoms with van der Waals surface area (Å²) in [7, 11) is 0. The van der Waals surface area contributed by atoms with Gasteiger partial charge in [0, 0.05) is 50.6 Å². The molecule has 2 aliphatic rings. The Labute approximate surface area is 225 Å². The highest BCUT2D eigenvalue weighted by Gasteiger charge is 2.26. The zero-order valence-electron chi connectivity index (χ0n) is 22.4. The maximum Gasteiger partial charge on any atom is 0.247 e. The molecule has 0 spiro atoms. The minimum Gasteiger partial charge on any atom is -0.379 e. The molecule has 2 fully saturated rings. The summed E-state index contributed by atoms with van der Waals surface area (Å²) in [5.41, 5.74) is 2.88. The van der Waals surface area contributed by atoms with Gasteiger partial charge in [-0.05, 0) is 42.4 Å². The number of benzene rings is 1. The van der Waals surface area contributed by atoms with Crippen LogP contribution in [-0.4, -0.2) is 67.1 Å². The smallest absolute Gasteiger partial charge is 0.247 e. The van der Waals surface area contributed by atoms with E-state index in [2.05, 4.69) is 54.2 Å². The van der Waals surface area contributed by atoms with Crippen molar-refractivity contribution in [3.63, 3.8) is 0 Å². The Bertz CT molecular complexity index is 1070. The number of carbonyl (C=O) groups excluding carboxylic acids is 2. The van der Waals surface area contributed by atoms with Crippen molar-refractivity contribution in [2.24, 2.45) is 5.92 Å². The van der Waals surface area contributed by atoms with Crippen LogP contribution in [0.2, 0.25) is 0 Å². The SMILES string of the molecule is C=C(CN1CCOCC1)C(=O)NCC(NC(=O)CCc1nc2ccc(C(C)C)cc2s1)C1CCCCC1. The monoisotopic (exact) mass is 526 g/mol. The molecule has 2 amide bonds. The molecule has 1 aliphatic heterocycles. The molecule has 1 saturated carbocycles. The Morgan fingerprint density at radius 3 is 2.68 bits per heavy atom. The van der Waals surface area contributed by atoms with E-state index in [1.54, 1.807) is 11.3 Å². The van der Waals surface area contributed by atoms with Crippen molar-refractivity contribution in [1.29, 1.82) is 0 Å². The zero-order chi connectivity index (χ0) is 26.2. The van der Waals surface area contributed by atoms with Crippen LogP contribution in [0.5, 0.6) is 0 Å². The van der Waals surface area contributed by atoms with Crippen molar-refractivity contribution in [3.05, 3.63) is 40.9 Å². The van der Waals surface area contributed by atoms with Crippen molar-refractivity contribution in [1.82, 2.24) is 20.5 Å². The van der Waals surface area contributed by atoms with Crippen LogP contribution in [0.25, 0.3) is 10.2 Å². The molecule has 1 aliphatic carbocycles. The number of morpholine rings is 1. The normalized spacial score (nSPS) is 18.1.